The second-order valence-electron chi connectivity index (χ2n) is 5.33. The van der Waals surface area contributed by atoms with E-state index in [2.05, 4.69) is 5.32 Å². The first-order chi connectivity index (χ1) is 12.5. The molecule has 0 aliphatic carbocycles. The van der Waals surface area contributed by atoms with Crippen LogP contribution >= 0.6 is 0 Å². The highest BCUT2D eigenvalue weighted by atomic mass is 19.1. The Morgan fingerprint density at radius 2 is 1.81 bits per heavy atom. The molecule has 136 valence electrons. The Morgan fingerprint density at radius 3 is 2.46 bits per heavy atom. The van der Waals surface area contributed by atoms with Gasteiger partial charge in [0.05, 0.1) is 0 Å². The molecule has 1 N–H and O–H groups in total. The van der Waals surface area contributed by atoms with Crippen LogP contribution in [-0.2, 0) is 14.3 Å². The molecular weight excluding hydrogens is 339 g/mol. The molecule has 0 fully saturated rings. The number of hydrogen-bond acceptors (Lipinski definition) is 4. The van der Waals surface area contributed by atoms with E-state index in [4.69, 9.17) is 4.74 Å². The van der Waals surface area contributed by atoms with Crippen molar-refractivity contribution in [3.05, 3.63) is 66.0 Å². The zero-order chi connectivity index (χ0) is 18.9. The van der Waals surface area contributed by atoms with Crippen molar-refractivity contribution >= 4 is 23.5 Å². The molecule has 0 heterocycles. The number of nitrogens with zero attached hydrogens (tertiary/aromatic N) is 1. The van der Waals surface area contributed by atoms with Gasteiger partial charge in [0.1, 0.15) is 12.4 Å². The molecule has 0 aliphatic heterocycles. The van der Waals surface area contributed by atoms with Crippen LogP contribution < -0.4 is 10.2 Å². The first kappa shape index (κ1) is 19.1. The highest BCUT2D eigenvalue weighted by Crippen LogP contribution is 2.13. The number of carbonyl (C=O) groups excluding carboxylic acids is 3. The number of rotatable bonds is 7. The number of anilines is 1. The average molecular weight is 358 g/mol. The van der Waals surface area contributed by atoms with Crippen molar-refractivity contribution in [1.82, 2.24) is 5.32 Å². The van der Waals surface area contributed by atoms with E-state index < -0.39 is 30.8 Å². The van der Waals surface area contributed by atoms with Crippen LogP contribution in [-0.4, -0.2) is 37.5 Å². The van der Waals surface area contributed by atoms with Crippen LogP contribution in [0.25, 0.3) is 0 Å². The van der Waals surface area contributed by atoms with Crippen molar-refractivity contribution in [1.29, 1.82) is 0 Å². The predicted molar refractivity (Wildman–Crippen MR) is 94.2 cm³/mol. The number of likely N-dealkylation sites (N-methyl/N-ethyl adjacent to an activating group) is 1. The van der Waals surface area contributed by atoms with Crippen LogP contribution in [0, 0.1) is 5.82 Å². The summed E-state index contributed by atoms with van der Waals surface area (Å²) in [5.41, 5.74) is 0.797. The molecule has 2 amide bonds. The molecule has 26 heavy (non-hydrogen) atoms. The van der Waals surface area contributed by atoms with Crippen LogP contribution in [0.1, 0.15) is 17.3 Å². The number of nitrogens with one attached hydrogen (secondary N) is 1. The molecule has 2 aromatic carbocycles. The van der Waals surface area contributed by atoms with E-state index >= 15 is 0 Å². The lowest BCUT2D eigenvalue weighted by Gasteiger charge is -2.20. The van der Waals surface area contributed by atoms with Crippen molar-refractivity contribution in [3.63, 3.8) is 0 Å². The van der Waals surface area contributed by atoms with Gasteiger partial charge in [-0.15, -0.1) is 0 Å². The number of hydrogen-bond donors (Lipinski definition) is 1. The number of halogens is 1. The number of ether oxygens (including phenoxy) is 1. The van der Waals surface area contributed by atoms with Crippen LogP contribution in [0.3, 0.4) is 0 Å². The highest BCUT2D eigenvalue weighted by Gasteiger charge is 2.16. The summed E-state index contributed by atoms with van der Waals surface area (Å²) in [6.45, 7) is 1.39. The molecule has 0 aromatic heterocycles. The number of amides is 2. The van der Waals surface area contributed by atoms with Crippen LogP contribution in [0.15, 0.2) is 54.6 Å². The molecule has 6 nitrogen and oxygen atoms in total. The summed E-state index contributed by atoms with van der Waals surface area (Å²) < 4.78 is 18.0. The fourth-order valence-electron chi connectivity index (χ4n) is 2.27. The molecule has 0 aliphatic rings. The zero-order valence-electron chi connectivity index (χ0n) is 14.3. The molecule has 2 rings (SSSR count). The highest BCUT2D eigenvalue weighted by molar-refractivity contribution is 5.97. The SMILES string of the molecule is CCN(C(=O)COC(=O)CNC(=O)c1cccc(F)c1)c1ccccc1. The number of para-hydroxylation sites is 1. The minimum absolute atomic E-state index is 0.0927. The van der Waals surface area contributed by atoms with Gasteiger partial charge >= 0.3 is 5.97 Å². The lowest BCUT2D eigenvalue weighted by atomic mass is 10.2. The number of esters is 1. The molecule has 2 aromatic rings. The molecule has 0 saturated heterocycles. The monoisotopic (exact) mass is 358 g/mol. The van der Waals surface area contributed by atoms with Crippen LogP contribution in [0.4, 0.5) is 10.1 Å². The maximum absolute atomic E-state index is 13.1. The lowest BCUT2D eigenvalue weighted by molar-refractivity contribution is -0.146. The van der Waals surface area contributed by atoms with Crippen molar-refractivity contribution in [2.45, 2.75) is 6.92 Å². The molecule has 0 atom stereocenters. The van der Waals surface area contributed by atoms with Gasteiger partial charge in [0.2, 0.25) is 0 Å². The summed E-state index contributed by atoms with van der Waals surface area (Å²) >= 11 is 0. The third kappa shape index (κ3) is 5.41. The minimum atomic E-state index is -0.757. The first-order valence-electron chi connectivity index (χ1n) is 8.06. The quantitative estimate of drug-likeness (QED) is 0.770. The molecule has 0 bridgehead atoms. The Morgan fingerprint density at radius 1 is 1.08 bits per heavy atom. The van der Waals surface area contributed by atoms with Crippen molar-refractivity contribution in [2.75, 3.05) is 24.6 Å². The zero-order valence-corrected chi connectivity index (χ0v) is 14.3. The van der Waals surface area contributed by atoms with E-state index in [1.54, 1.807) is 24.3 Å². The summed E-state index contributed by atoms with van der Waals surface area (Å²) in [7, 11) is 0. The first-order valence-corrected chi connectivity index (χ1v) is 8.06. The van der Waals surface area contributed by atoms with E-state index in [1.807, 2.05) is 13.0 Å². The van der Waals surface area contributed by atoms with Gasteiger partial charge < -0.3 is 15.0 Å². The van der Waals surface area contributed by atoms with Gasteiger partial charge in [-0.25, -0.2) is 4.39 Å². The van der Waals surface area contributed by atoms with Crippen LogP contribution in [0.2, 0.25) is 0 Å². The Balaban J connectivity index is 1.81. The fraction of sp³-hybridized carbons (Fsp3) is 0.211. The average Bonchev–Trinajstić information content (AvgIpc) is 2.66. The summed E-state index contributed by atoms with van der Waals surface area (Å²) in [6.07, 6.45) is 0. The van der Waals surface area contributed by atoms with Gasteiger partial charge in [-0.1, -0.05) is 24.3 Å². The van der Waals surface area contributed by atoms with Gasteiger partial charge in [-0.3, -0.25) is 14.4 Å². The Labute approximate surface area is 150 Å². The van der Waals surface area contributed by atoms with E-state index in [0.29, 0.717) is 12.2 Å². The van der Waals surface area contributed by atoms with Gasteiger partial charge in [-0.05, 0) is 37.3 Å². The Hall–Kier alpha value is -3.22. The second-order valence-corrected chi connectivity index (χ2v) is 5.33. The minimum Gasteiger partial charge on any atom is -0.454 e. The third-order valence-electron chi connectivity index (χ3n) is 3.52. The van der Waals surface area contributed by atoms with Gasteiger partial charge in [0.15, 0.2) is 6.61 Å². The van der Waals surface area contributed by atoms with Gasteiger partial charge in [0.25, 0.3) is 11.8 Å². The molecule has 0 unspecified atom stereocenters. The van der Waals surface area contributed by atoms with E-state index in [1.165, 1.54) is 23.1 Å². The maximum Gasteiger partial charge on any atom is 0.325 e. The Bertz CT molecular complexity index is 780. The number of benzene rings is 2. The summed E-state index contributed by atoms with van der Waals surface area (Å²) in [6, 6.07) is 14.1. The topological polar surface area (TPSA) is 75.7 Å². The van der Waals surface area contributed by atoms with E-state index in [0.717, 1.165) is 6.07 Å². The fourth-order valence-corrected chi connectivity index (χ4v) is 2.27. The van der Waals surface area contributed by atoms with Crippen molar-refractivity contribution < 1.29 is 23.5 Å². The molecule has 7 heteroatoms. The van der Waals surface area contributed by atoms with Crippen LogP contribution in [0.5, 0.6) is 0 Å². The van der Waals surface area contributed by atoms with Gasteiger partial charge in [0, 0.05) is 17.8 Å². The van der Waals surface area contributed by atoms with Gasteiger partial charge in [-0.2, -0.15) is 0 Å². The molecule has 0 spiro atoms. The lowest BCUT2D eigenvalue weighted by Crippen LogP contribution is -2.36. The van der Waals surface area contributed by atoms with Crippen molar-refractivity contribution in [2.24, 2.45) is 0 Å². The number of carbonyl (C=O) groups is 3. The van der Waals surface area contributed by atoms with E-state index in [9.17, 15) is 18.8 Å². The Kier molecular flexibility index (Phi) is 6.84. The van der Waals surface area contributed by atoms with E-state index in [-0.39, 0.29) is 11.5 Å². The molecule has 0 radical (unpaired) electrons. The van der Waals surface area contributed by atoms with Crippen molar-refractivity contribution in [3.8, 4) is 0 Å². The molecule has 0 saturated carbocycles. The molecular formula is C19H19FN2O4. The summed E-state index contributed by atoms with van der Waals surface area (Å²) in [4.78, 5) is 37.2. The largest absolute Gasteiger partial charge is 0.454 e. The third-order valence-corrected chi connectivity index (χ3v) is 3.52. The standard InChI is InChI=1S/C19H19FN2O4/c1-2-22(16-9-4-3-5-10-16)17(23)13-26-18(24)12-21-19(25)14-7-6-8-15(20)11-14/h3-11H,2,12-13H2,1H3,(H,21,25). The summed E-state index contributed by atoms with van der Waals surface area (Å²) in [5, 5.41) is 2.32. The predicted octanol–water partition coefficient (Wildman–Crippen LogP) is 2.15. The maximum atomic E-state index is 13.1. The second kappa shape index (κ2) is 9.31. The smallest absolute Gasteiger partial charge is 0.325 e. The summed E-state index contributed by atoms with van der Waals surface area (Å²) in [5.74, 6) is -2.28. The normalized spacial score (nSPS) is 10.1.